The number of H-pyrrole nitrogens is 1. The molecule has 0 bridgehead atoms. The lowest BCUT2D eigenvalue weighted by molar-refractivity contribution is -0.143. The van der Waals surface area contributed by atoms with Crippen LogP contribution in [0.25, 0.3) is 0 Å². The molecule has 1 aromatic carbocycles. The first-order valence-electron chi connectivity index (χ1n) is 10.4. The molecule has 13 heteroatoms. The number of benzene rings is 1. The number of hydrogen-bond acceptors (Lipinski definition) is 6. The Hall–Kier alpha value is -4.47. The number of aromatic nitrogens is 4. The Bertz CT molecular complexity index is 1340. The maximum atomic E-state index is 14.1. The zero-order valence-corrected chi connectivity index (χ0v) is 18.3. The molecule has 1 atom stereocenters. The zero-order chi connectivity index (χ0) is 25.3. The molecule has 3 heterocycles. The van der Waals surface area contributed by atoms with E-state index in [9.17, 15) is 27.6 Å². The number of carbonyl (C=O) groups excluding carboxylic acids is 3. The number of piperidine rings is 1. The minimum atomic E-state index is -3.17. The van der Waals surface area contributed by atoms with Crippen LogP contribution in [-0.4, -0.2) is 54.9 Å². The Balaban J connectivity index is 1.55. The highest BCUT2D eigenvalue weighted by atomic mass is 19.3. The number of rotatable bonds is 5. The summed E-state index contributed by atoms with van der Waals surface area (Å²) in [5, 5.41) is 21.3. The van der Waals surface area contributed by atoms with E-state index in [4.69, 9.17) is 5.26 Å². The van der Waals surface area contributed by atoms with Gasteiger partial charge in [0.1, 0.15) is 23.3 Å². The molecule has 2 amide bonds. The summed E-state index contributed by atoms with van der Waals surface area (Å²) < 4.78 is 43.0. The molecule has 4 rings (SSSR count). The molecular formula is C22H18F3N7O3. The van der Waals surface area contributed by atoms with Crippen LogP contribution in [0.4, 0.5) is 18.9 Å². The molecule has 180 valence electrons. The van der Waals surface area contributed by atoms with Crippen molar-refractivity contribution in [2.45, 2.75) is 24.8 Å². The van der Waals surface area contributed by atoms with Gasteiger partial charge in [-0.15, -0.1) is 0 Å². The minimum Gasteiger partial charge on any atom is -0.346 e. The molecule has 1 aliphatic heterocycles. The molecule has 1 saturated heterocycles. The lowest BCUT2D eigenvalue weighted by atomic mass is 9.96. The number of aryl methyl sites for hydroxylation is 1. The summed E-state index contributed by atoms with van der Waals surface area (Å²) in [6.07, 6.45) is 1.95. The van der Waals surface area contributed by atoms with E-state index in [-0.39, 0.29) is 34.6 Å². The quantitative estimate of drug-likeness (QED) is 0.421. The van der Waals surface area contributed by atoms with E-state index < -0.39 is 48.3 Å². The van der Waals surface area contributed by atoms with Gasteiger partial charge in [0.2, 0.25) is 0 Å². The highest BCUT2D eigenvalue weighted by Gasteiger charge is 2.45. The van der Waals surface area contributed by atoms with Gasteiger partial charge < -0.3 is 14.8 Å². The van der Waals surface area contributed by atoms with Crippen molar-refractivity contribution >= 4 is 23.3 Å². The third kappa shape index (κ3) is 4.77. The van der Waals surface area contributed by atoms with Crippen LogP contribution in [0.1, 0.15) is 51.0 Å². The SMILES string of the molecule is Cn1cc(C(=O)C(=O)N2CC(F)(F)CC[C@H]2c2cn[nH]n2)cc1C(=O)Nc1ccc(F)c(C#N)c1. The van der Waals surface area contributed by atoms with Crippen LogP contribution in [0.3, 0.4) is 0 Å². The van der Waals surface area contributed by atoms with E-state index in [2.05, 4.69) is 20.7 Å². The van der Waals surface area contributed by atoms with Crippen LogP contribution in [0.2, 0.25) is 0 Å². The Kier molecular flexibility index (Phi) is 6.12. The Labute approximate surface area is 196 Å². The standard InChI is InChI=1S/C22H18F3N7O3/c1-31-10-13(7-18(31)20(34)28-14-2-3-15(23)12(6-14)8-26)19(33)21(35)32-11-22(24,25)5-4-17(32)16-9-27-30-29-16/h2-3,6-7,9-10,17H,4-5,11H2,1H3,(H,28,34)(H,27,29,30)/t17-/m0/s1. The van der Waals surface area contributed by atoms with Crippen LogP contribution in [0, 0.1) is 17.1 Å². The van der Waals surface area contributed by atoms with Gasteiger partial charge >= 0.3 is 0 Å². The Morgan fingerprint density at radius 1 is 1.29 bits per heavy atom. The normalized spacial score (nSPS) is 17.0. The van der Waals surface area contributed by atoms with Gasteiger partial charge in [-0.3, -0.25) is 14.4 Å². The second-order valence-corrected chi connectivity index (χ2v) is 8.05. The maximum absolute atomic E-state index is 14.1. The molecule has 10 nitrogen and oxygen atoms in total. The van der Waals surface area contributed by atoms with Crippen molar-refractivity contribution in [1.82, 2.24) is 24.9 Å². The number of nitrogens with one attached hydrogen (secondary N) is 2. The van der Waals surface area contributed by atoms with Crippen LogP contribution < -0.4 is 5.32 Å². The highest BCUT2D eigenvalue weighted by Crippen LogP contribution is 2.37. The molecule has 0 unspecified atom stereocenters. The molecule has 2 aromatic heterocycles. The number of ketones is 1. The largest absolute Gasteiger partial charge is 0.346 e. The molecule has 3 aromatic rings. The summed E-state index contributed by atoms with van der Waals surface area (Å²) in [5.74, 6) is -6.84. The summed E-state index contributed by atoms with van der Waals surface area (Å²) in [5.41, 5.74) is -0.0701. The van der Waals surface area contributed by atoms with E-state index in [1.54, 1.807) is 6.07 Å². The number of carbonyl (C=O) groups is 3. The van der Waals surface area contributed by atoms with Gasteiger partial charge in [-0.25, -0.2) is 13.2 Å². The van der Waals surface area contributed by atoms with Crippen molar-refractivity contribution in [3.63, 3.8) is 0 Å². The smallest absolute Gasteiger partial charge is 0.295 e. The molecule has 0 spiro atoms. The number of hydrogen-bond donors (Lipinski definition) is 2. The molecule has 1 aliphatic rings. The van der Waals surface area contributed by atoms with E-state index in [1.165, 1.54) is 30.1 Å². The first-order chi connectivity index (χ1) is 16.6. The molecular weight excluding hydrogens is 467 g/mol. The predicted molar refractivity (Wildman–Crippen MR) is 114 cm³/mol. The van der Waals surface area contributed by atoms with Crippen molar-refractivity contribution in [2.24, 2.45) is 7.05 Å². The summed E-state index contributed by atoms with van der Waals surface area (Å²) in [6.45, 7) is -0.957. The van der Waals surface area contributed by atoms with Crippen LogP contribution in [-0.2, 0) is 11.8 Å². The molecule has 0 saturated carbocycles. The number of amides is 2. The van der Waals surface area contributed by atoms with Gasteiger partial charge in [0.05, 0.1) is 24.3 Å². The topological polar surface area (TPSA) is 137 Å². The first kappa shape index (κ1) is 23.7. The third-order valence-electron chi connectivity index (χ3n) is 5.64. The average Bonchev–Trinajstić information content (AvgIpc) is 3.49. The number of anilines is 1. The fourth-order valence-corrected chi connectivity index (χ4v) is 3.89. The fourth-order valence-electron chi connectivity index (χ4n) is 3.89. The predicted octanol–water partition coefficient (Wildman–Crippen LogP) is 2.59. The molecule has 0 radical (unpaired) electrons. The van der Waals surface area contributed by atoms with E-state index in [0.29, 0.717) is 0 Å². The van der Waals surface area contributed by atoms with Crippen molar-refractivity contribution in [1.29, 1.82) is 5.26 Å². The number of alkyl halides is 2. The number of nitriles is 1. The van der Waals surface area contributed by atoms with Gasteiger partial charge in [0.25, 0.3) is 23.5 Å². The van der Waals surface area contributed by atoms with Crippen molar-refractivity contribution in [3.05, 3.63) is 65.0 Å². The van der Waals surface area contributed by atoms with Crippen LogP contribution in [0.5, 0.6) is 0 Å². The Morgan fingerprint density at radius 3 is 2.74 bits per heavy atom. The first-order valence-corrected chi connectivity index (χ1v) is 10.4. The molecule has 0 aliphatic carbocycles. The summed E-state index contributed by atoms with van der Waals surface area (Å²) in [7, 11) is 1.45. The van der Waals surface area contributed by atoms with Crippen molar-refractivity contribution < 1.29 is 27.6 Å². The Morgan fingerprint density at radius 2 is 2.06 bits per heavy atom. The van der Waals surface area contributed by atoms with Crippen LogP contribution in [0.15, 0.2) is 36.7 Å². The lowest BCUT2D eigenvalue weighted by Crippen LogP contribution is -2.49. The fraction of sp³-hybridized carbons (Fsp3) is 0.273. The second kappa shape index (κ2) is 9.05. The zero-order valence-electron chi connectivity index (χ0n) is 18.3. The average molecular weight is 485 g/mol. The van der Waals surface area contributed by atoms with Gasteiger partial charge in [-0.2, -0.15) is 20.7 Å². The van der Waals surface area contributed by atoms with Gasteiger partial charge in [-0.05, 0) is 30.7 Å². The summed E-state index contributed by atoms with van der Waals surface area (Å²) >= 11 is 0. The molecule has 2 N–H and O–H groups in total. The van der Waals surface area contributed by atoms with E-state index in [0.717, 1.165) is 23.1 Å². The monoisotopic (exact) mass is 485 g/mol. The van der Waals surface area contributed by atoms with E-state index >= 15 is 0 Å². The number of halogens is 3. The highest BCUT2D eigenvalue weighted by molar-refractivity contribution is 6.43. The number of nitrogens with zero attached hydrogens (tertiary/aromatic N) is 5. The minimum absolute atomic E-state index is 0.0268. The molecule has 35 heavy (non-hydrogen) atoms. The lowest BCUT2D eigenvalue weighted by Gasteiger charge is -2.38. The number of aromatic amines is 1. The van der Waals surface area contributed by atoms with Crippen molar-refractivity contribution in [3.8, 4) is 6.07 Å². The van der Waals surface area contributed by atoms with Gasteiger partial charge in [0.15, 0.2) is 0 Å². The maximum Gasteiger partial charge on any atom is 0.295 e. The van der Waals surface area contributed by atoms with E-state index in [1.807, 2.05) is 0 Å². The van der Waals surface area contributed by atoms with Gasteiger partial charge in [-0.1, -0.05) is 0 Å². The third-order valence-corrected chi connectivity index (χ3v) is 5.64. The van der Waals surface area contributed by atoms with Crippen LogP contribution >= 0.6 is 0 Å². The summed E-state index contributed by atoms with van der Waals surface area (Å²) in [4.78, 5) is 39.4. The number of likely N-dealkylation sites (tertiary alicyclic amines) is 1. The molecule has 1 fully saturated rings. The second-order valence-electron chi connectivity index (χ2n) is 8.05. The number of Topliss-reactive ketones (excluding diaryl/α,β-unsaturated/α-hetero) is 1. The van der Waals surface area contributed by atoms with Crippen molar-refractivity contribution in [2.75, 3.05) is 11.9 Å². The van der Waals surface area contributed by atoms with Gasteiger partial charge in [0, 0.05) is 30.9 Å². The summed E-state index contributed by atoms with van der Waals surface area (Å²) in [6, 6.07) is 5.38.